The summed E-state index contributed by atoms with van der Waals surface area (Å²) in [6.07, 6.45) is 0.159. The average Bonchev–Trinajstić information content (AvgIpc) is 2.74. The number of ether oxygens (including phenoxy) is 4. The number of carbonyl (C=O) groups is 2. The van der Waals surface area contributed by atoms with Gasteiger partial charge in [0.05, 0.1) is 40.8 Å². The van der Waals surface area contributed by atoms with Crippen LogP contribution in [0.15, 0.2) is 36.4 Å². The Morgan fingerprint density at radius 3 is 1.93 bits per heavy atom. The Bertz CT molecular complexity index is 838. The van der Waals surface area contributed by atoms with Crippen LogP contribution >= 0.6 is 23.2 Å². The van der Waals surface area contributed by atoms with Crippen molar-refractivity contribution in [3.05, 3.63) is 57.6 Å². The first-order valence-electron chi connectivity index (χ1n) is 8.57. The molecule has 0 fully saturated rings. The summed E-state index contributed by atoms with van der Waals surface area (Å²) >= 11 is 11.9. The third-order valence-electron chi connectivity index (χ3n) is 4.04. The van der Waals surface area contributed by atoms with Crippen molar-refractivity contribution >= 4 is 35.1 Å². The maximum Gasteiger partial charge on any atom is 0.312 e. The first-order chi connectivity index (χ1) is 13.8. The van der Waals surface area contributed by atoms with Crippen molar-refractivity contribution in [3.63, 3.8) is 0 Å². The molecule has 2 aromatic rings. The normalized spacial score (nSPS) is 10.9. The van der Waals surface area contributed by atoms with Crippen LogP contribution in [0, 0.1) is 0 Å². The SMILES string of the molecule is COC(=O)C(C)c1cc(OC)ccc1Cl.COC(=O)Cc1cc(OC)ccc1Cl. The van der Waals surface area contributed by atoms with E-state index in [1.54, 1.807) is 57.5 Å². The molecular formula is C21H24Cl2O6. The highest BCUT2D eigenvalue weighted by molar-refractivity contribution is 6.32. The van der Waals surface area contributed by atoms with Crippen molar-refractivity contribution in [2.75, 3.05) is 28.4 Å². The number of methoxy groups -OCH3 is 4. The van der Waals surface area contributed by atoms with E-state index in [-0.39, 0.29) is 18.4 Å². The molecule has 2 aromatic carbocycles. The molecule has 29 heavy (non-hydrogen) atoms. The Balaban J connectivity index is 0.000000291. The summed E-state index contributed by atoms with van der Waals surface area (Å²) in [5, 5.41) is 1.07. The molecule has 0 bridgehead atoms. The largest absolute Gasteiger partial charge is 0.497 e. The fourth-order valence-corrected chi connectivity index (χ4v) is 2.79. The molecule has 0 aliphatic rings. The maximum atomic E-state index is 11.3. The maximum absolute atomic E-state index is 11.3. The standard InChI is InChI=1S/C11H13ClO3.C10H11ClO3/c1-7(11(13)15-3)9-6-8(14-2)4-5-10(9)12;1-13-8-3-4-9(11)7(5-8)6-10(12)14-2/h4-7H,1-3H3;3-5H,6H2,1-2H3. The van der Waals surface area contributed by atoms with Crippen LogP contribution in [-0.4, -0.2) is 40.4 Å². The Labute approximate surface area is 180 Å². The molecule has 8 heteroatoms. The van der Waals surface area contributed by atoms with Gasteiger partial charge in [0.2, 0.25) is 0 Å². The highest BCUT2D eigenvalue weighted by Gasteiger charge is 2.19. The Hall–Kier alpha value is -2.44. The molecule has 0 aliphatic carbocycles. The van der Waals surface area contributed by atoms with Crippen LogP contribution in [0.25, 0.3) is 0 Å². The highest BCUT2D eigenvalue weighted by atomic mass is 35.5. The molecule has 1 atom stereocenters. The third-order valence-corrected chi connectivity index (χ3v) is 4.75. The summed E-state index contributed by atoms with van der Waals surface area (Å²) in [5.74, 6) is 0.321. The van der Waals surface area contributed by atoms with Crippen LogP contribution in [0.2, 0.25) is 10.0 Å². The molecule has 0 heterocycles. The van der Waals surface area contributed by atoms with Crippen LogP contribution < -0.4 is 9.47 Å². The molecule has 2 rings (SSSR count). The van der Waals surface area contributed by atoms with Crippen molar-refractivity contribution in [2.24, 2.45) is 0 Å². The van der Waals surface area contributed by atoms with Crippen molar-refractivity contribution in [1.82, 2.24) is 0 Å². The van der Waals surface area contributed by atoms with E-state index in [9.17, 15) is 9.59 Å². The fraction of sp³-hybridized carbons (Fsp3) is 0.333. The van der Waals surface area contributed by atoms with E-state index in [1.165, 1.54) is 14.2 Å². The van der Waals surface area contributed by atoms with Gasteiger partial charge in [-0.15, -0.1) is 0 Å². The molecule has 0 amide bonds. The first-order valence-corrected chi connectivity index (χ1v) is 9.33. The molecule has 0 N–H and O–H groups in total. The number of carbonyl (C=O) groups excluding carboxylic acids is 2. The number of rotatable bonds is 6. The second kappa shape index (κ2) is 12.2. The number of halogens is 2. The van der Waals surface area contributed by atoms with Gasteiger partial charge in [-0.2, -0.15) is 0 Å². The molecule has 0 radical (unpaired) electrons. The van der Waals surface area contributed by atoms with Gasteiger partial charge in [-0.05, 0) is 54.4 Å². The van der Waals surface area contributed by atoms with Gasteiger partial charge in [0, 0.05) is 10.0 Å². The summed E-state index contributed by atoms with van der Waals surface area (Å²) in [4.78, 5) is 22.4. The quantitative estimate of drug-likeness (QED) is 0.604. The van der Waals surface area contributed by atoms with E-state index in [0.29, 0.717) is 32.7 Å². The van der Waals surface area contributed by atoms with Crippen molar-refractivity contribution < 1.29 is 28.5 Å². The predicted molar refractivity (Wildman–Crippen MR) is 112 cm³/mol. The fourth-order valence-electron chi connectivity index (χ4n) is 2.33. The summed E-state index contributed by atoms with van der Waals surface area (Å²) in [7, 11) is 5.82. The van der Waals surface area contributed by atoms with E-state index >= 15 is 0 Å². The van der Waals surface area contributed by atoms with Gasteiger partial charge in [-0.3, -0.25) is 9.59 Å². The van der Waals surface area contributed by atoms with Crippen molar-refractivity contribution in [1.29, 1.82) is 0 Å². The van der Waals surface area contributed by atoms with Crippen LogP contribution in [0.1, 0.15) is 24.0 Å². The zero-order chi connectivity index (χ0) is 22.0. The number of hydrogen-bond donors (Lipinski definition) is 0. The summed E-state index contributed by atoms with van der Waals surface area (Å²) < 4.78 is 19.3. The molecule has 0 saturated heterocycles. The molecule has 158 valence electrons. The minimum atomic E-state index is -0.391. The van der Waals surface area contributed by atoms with Gasteiger partial charge in [0.1, 0.15) is 11.5 Å². The van der Waals surface area contributed by atoms with Crippen LogP contribution in [-0.2, 0) is 25.5 Å². The number of hydrogen-bond acceptors (Lipinski definition) is 6. The summed E-state index contributed by atoms with van der Waals surface area (Å²) in [6.45, 7) is 1.74. The number of esters is 2. The minimum Gasteiger partial charge on any atom is -0.497 e. The van der Waals surface area contributed by atoms with E-state index in [1.807, 2.05) is 0 Å². The predicted octanol–water partition coefficient (Wildman–Crippen LogP) is 4.69. The summed E-state index contributed by atoms with van der Waals surface area (Å²) in [5.41, 5.74) is 1.42. The highest BCUT2D eigenvalue weighted by Crippen LogP contribution is 2.29. The van der Waals surface area contributed by atoms with E-state index in [4.69, 9.17) is 32.7 Å². The molecule has 6 nitrogen and oxygen atoms in total. The molecular weight excluding hydrogens is 419 g/mol. The minimum absolute atomic E-state index is 0.159. The number of benzene rings is 2. The van der Waals surface area contributed by atoms with Crippen molar-refractivity contribution in [3.8, 4) is 11.5 Å². The molecule has 0 saturated carbocycles. The molecule has 0 aliphatic heterocycles. The third kappa shape index (κ3) is 7.48. The van der Waals surface area contributed by atoms with Gasteiger partial charge in [0.15, 0.2) is 0 Å². The topological polar surface area (TPSA) is 71.1 Å². The zero-order valence-electron chi connectivity index (χ0n) is 17.0. The molecule has 0 spiro atoms. The van der Waals surface area contributed by atoms with Gasteiger partial charge in [-0.25, -0.2) is 0 Å². The van der Waals surface area contributed by atoms with Crippen LogP contribution in [0.4, 0.5) is 0 Å². The van der Waals surface area contributed by atoms with Gasteiger partial charge >= 0.3 is 11.9 Å². The van der Waals surface area contributed by atoms with E-state index in [2.05, 4.69) is 9.47 Å². The Morgan fingerprint density at radius 1 is 0.862 bits per heavy atom. The lowest BCUT2D eigenvalue weighted by molar-refractivity contribution is -0.142. The van der Waals surface area contributed by atoms with Gasteiger partial charge < -0.3 is 18.9 Å². The second-order valence-electron chi connectivity index (χ2n) is 5.84. The first kappa shape index (κ1) is 24.6. The van der Waals surface area contributed by atoms with Gasteiger partial charge in [-0.1, -0.05) is 23.2 Å². The molecule has 0 aromatic heterocycles. The smallest absolute Gasteiger partial charge is 0.312 e. The van der Waals surface area contributed by atoms with Gasteiger partial charge in [0.25, 0.3) is 0 Å². The lowest BCUT2D eigenvalue weighted by Crippen LogP contribution is -2.11. The van der Waals surface area contributed by atoms with Crippen LogP contribution in [0.3, 0.4) is 0 Å². The Morgan fingerprint density at radius 2 is 1.41 bits per heavy atom. The van der Waals surface area contributed by atoms with E-state index in [0.717, 1.165) is 0 Å². The monoisotopic (exact) mass is 442 g/mol. The zero-order valence-corrected chi connectivity index (χ0v) is 18.5. The Kier molecular flexibility index (Phi) is 10.3. The summed E-state index contributed by atoms with van der Waals surface area (Å²) in [6, 6.07) is 10.3. The van der Waals surface area contributed by atoms with Crippen LogP contribution in [0.5, 0.6) is 11.5 Å². The molecule has 1 unspecified atom stereocenters. The van der Waals surface area contributed by atoms with Crippen molar-refractivity contribution in [2.45, 2.75) is 19.3 Å². The average molecular weight is 443 g/mol. The second-order valence-corrected chi connectivity index (χ2v) is 6.66. The van der Waals surface area contributed by atoms with E-state index < -0.39 is 5.92 Å². The lowest BCUT2D eigenvalue weighted by atomic mass is 10.0. The lowest BCUT2D eigenvalue weighted by Gasteiger charge is -2.12.